The smallest absolute Gasteiger partial charge is 0.304 e. The lowest BCUT2D eigenvalue weighted by molar-refractivity contribution is 0.240. The molecule has 0 aliphatic heterocycles. The van der Waals surface area contributed by atoms with Gasteiger partial charge in [0, 0.05) is 19.1 Å². The van der Waals surface area contributed by atoms with Crippen molar-refractivity contribution in [3.63, 3.8) is 0 Å². The second-order valence-corrected chi connectivity index (χ2v) is 3.22. The van der Waals surface area contributed by atoms with E-state index < -0.39 is 10.0 Å². The summed E-state index contributed by atoms with van der Waals surface area (Å²) in [5.74, 6) is 0.792. The zero-order valence-corrected chi connectivity index (χ0v) is 9.90. The summed E-state index contributed by atoms with van der Waals surface area (Å²) in [6.07, 6.45) is 1.08. The second-order valence-electron chi connectivity index (χ2n) is 1.79. The van der Waals surface area contributed by atoms with Gasteiger partial charge in [-0.25, -0.2) is 0 Å². The van der Waals surface area contributed by atoms with E-state index in [1.165, 1.54) is 0 Å². The highest BCUT2D eigenvalue weighted by Gasteiger charge is 1.79. The highest BCUT2D eigenvalue weighted by molar-refractivity contribution is 6.18. The lowest BCUT2D eigenvalue weighted by atomic mass is 10.6. The first-order chi connectivity index (χ1) is 5.33. The van der Waals surface area contributed by atoms with Gasteiger partial charge in [0.25, 0.3) is 0 Å². The van der Waals surface area contributed by atoms with Crippen molar-refractivity contribution < 1.29 is 8.85 Å². The summed E-state index contributed by atoms with van der Waals surface area (Å²) >= 11 is 5.19. The molecule has 0 aromatic heterocycles. The second kappa shape index (κ2) is 16.8. The molecule has 11 heavy (non-hydrogen) atoms. The van der Waals surface area contributed by atoms with Crippen molar-refractivity contribution in [1.82, 2.24) is 0 Å². The SMILES string of the molecule is CCCCl.CCO[SiH2]OCC. The number of hydrogen-bond acceptors (Lipinski definition) is 2. The first-order valence-electron chi connectivity index (χ1n) is 4.04. The minimum atomic E-state index is -0.589. The Kier molecular flexibility index (Phi) is 21.3. The van der Waals surface area contributed by atoms with E-state index in [1.54, 1.807) is 0 Å². The predicted molar refractivity (Wildman–Crippen MR) is 52.8 cm³/mol. The van der Waals surface area contributed by atoms with Crippen LogP contribution < -0.4 is 0 Å². The molecule has 0 radical (unpaired) electrons. The van der Waals surface area contributed by atoms with Crippen molar-refractivity contribution in [2.24, 2.45) is 0 Å². The van der Waals surface area contributed by atoms with Crippen molar-refractivity contribution in [3.8, 4) is 0 Å². The average Bonchev–Trinajstić information content (AvgIpc) is 2.06. The average molecular weight is 199 g/mol. The van der Waals surface area contributed by atoms with Crippen molar-refractivity contribution in [2.75, 3.05) is 19.1 Å². The van der Waals surface area contributed by atoms with Crippen molar-refractivity contribution in [1.29, 1.82) is 0 Å². The van der Waals surface area contributed by atoms with Crippen LogP contribution >= 0.6 is 11.6 Å². The maximum Gasteiger partial charge on any atom is 0.304 e. The number of alkyl halides is 1. The summed E-state index contributed by atoms with van der Waals surface area (Å²) in [5, 5.41) is 0. The van der Waals surface area contributed by atoms with E-state index in [9.17, 15) is 0 Å². The summed E-state index contributed by atoms with van der Waals surface area (Å²) in [4.78, 5) is 0. The Morgan fingerprint density at radius 1 is 1.09 bits per heavy atom. The lowest BCUT2D eigenvalue weighted by Crippen LogP contribution is -2.02. The molecule has 0 aromatic rings. The van der Waals surface area contributed by atoms with Gasteiger partial charge in [0.2, 0.25) is 0 Å². The van der Waals surface area contributed by atoms with Crippen molar-refractivity contribution in [3.05, 3.63) is 0 Å². The summed E-state index contributed by atoms with van der Waals surface area (Å²) in [7, 11) is -0.589. The van der Waals surface area contributed by atoms with E-state index in [4.69, 9.17) is 20.5 Å². The molecule has 0 aromatic carbocycles. The molecule has 0 amide bonds. The fourth-order valence-corrected chi connectivity index (χ4v) is 0.677. The van der Waals surface area contributed by atoms with E-state index >= 15 is 0 Å². The summed E-state index contributed by atoms with van der Waals surface area (Å²) < 4.78 is 9.98. The first kappa shape index (κ1) is 14.0. The molecule has 0 heterocycles. The Morgan fingerprint density at radius 3 is 1.64 bits per heavy atom. The van der Waals surface area contributed by atoms with Crippen LogP contribution in [-0.2, 0) is 8.85 Å². The Labute approximate surface area is 77.3 Å². The third-order valence-corrected chi connectivity index (χ3v) is 2.29. The van der Waals surface area contributed by atoms with Crippen LogP contribution in [0.2, 0.25) is 0 Å². The fourth-order valence-electron chi connectivity index (χ4n) is 0.226. The van der Waals surface area contributed by atoms with Gasteiger partial charge in [0.1, 0.15) is 0 Å². The molecule has 0 atom stereocenters. The molecule has 0 unspecified atom stereocenters. The molecule has 70 valence electrons. The molecule has 4 heteroatoms. The van der Waals surface area contributed by atoms with Crippen molar-refractivity contribution in [2.45, 2.75) is 27.2 Å². The fraction of sp³-hybridized carbons (Fsp3) is 1.00. The predicted octanol–water partition coefficient (Wildman–Crippen LogP) is 1.69. The normalized spacial score (nSPS) is 8.73. The molecule has 0 saturated heterocycles. The number of halogens is 1. The van der Waals surface area contributed by atoms with Crippen LogP contribution in [0.4, 0.5) is 0 Å². The molecule has 0 aliphatic rings. The van der Waals surface area contributed by atoms with Gasteiger partial charge in [-0.1, -0.05) is 6.92 Å². The van der Waals surface area contributed by atoms with E-state index in [2.05, 4.69) is 0 Å². The van der Waals surface area contributed by atoms with E-state index in [0.717, 1.165) is 25.5 Å². The molecular formula is C7H19ClO2Si. The first-order valence-corrected chi connectivity index (χ1v) is 5.73. The minimum Gasteiger partial charge on any atom is -0.399 e. The van der Waals surface area contributed by atoms with Crippen LogP contribution in [0.5, 0.6) is 0 Å². The van der Waals surface area contributed by atoms with Gasteiger partial charge in [0.05, 0.1) is 0 Å². The van der Waals surface area contributed by atoms with Crippen LogP contribution in [0.1, 0.15) is 27.2 Å². The van der Waals surface area contributed by atoms with Gasteiger partial charge >= 0.3 is 10.0 Å². The van der Waals surface area contributed by atoms with Gasteiger partial charge in [-0.15, -0.1) is 11.6 Å². The largest absolute Gasteiger partial charge is 0.399 e. The molecule has 0 spiro atoms. The maximum atomic E-state index is 5.19. The minimum absolute atomic E-state index is 0.589. The van der Waals surface area contributed by atoms with Crippen LogP contribution in [0, 0.1) is 0 Å². The van der Waals surface area contributed by atoms with Crippen LogP contribution in [0.3, 0.4) is 0 Å². The molecule has 0 fully saturated rings. The Bertz CT molecular complexity index is 49.7. The highest BCUT2D eigenvalue weighted by atomic mass is 35.5. The molecule has 0 N–H and O–H groups in total. The van der Waals surface area contributed by atoms with Gasteiger partial charge in [-0.2, -0.15) is 0 Å². The topological polar surface area (TPSA) is 18.5 Å². The Morgan fingerprint density at radius 2 is 1.45 bits per heavy atom. The summed E-state index contributed by atoms with van der Waals surface area (Å²) in [6.45, 7) is 7.60. The molecule has 0 aliphatic carbocycles. The highest BCUT2D eigenvalue weighted by Crippen LogP contribution is 1.75. The van der Waals surface area contributed by atoms with Crippen LogP contribution in [0.25, 0.3) is 0 Å². The quantitative estimate of drug-likeness (QED) is 0.381. The molecule has 0 rings (SSSR count). The third-order valence-electron chi connectivity index (χ3n) is 0.764. The monoisotopic (exact) mass is 198 g/mol. The number of hydrogen-bond donors (Lipinski definition) is 0. The number of rotatable bonds is 5. The zero-order chi connectivity index (χ0) is 8.95. The third kappa shape index (κ3) is 25.1. The Hall–Kier alpha value is 0.427. The summed E-state index contributed by atoms with van der Waals surface area (Å²) in [5.41, 5.74) is 0. The van der Waals surface area contributed by atoms with Gasteiger partial charge < -0.3 is 8.85 Å². The van der Waals surface area contributed by atoms with Gasteiger partial charge in [-0.3, -0.25) is 0 Å². The standard InChI is InChI=1S/C4H12O2Si.C3H7Cl/c1-3-5-7-6-4-2;1-2-3-4/h3-4,7H2,1-2H3;2-3H2,1H3. The summed E-state index contributed by atoms with van der Waals surface area (Å²) in [6, 6.07) is 0. The molecule has 0 bridgehead atoms. The lowest BCUT2D eigenvalue weighted by Gasteiger charge is -1.96. The molecule has 0 saturated carbocycles. The van der Waals surface area contributed by atoms with Crippen LogP contribution in [0.15, 0.2) is 0 Å². The van der Waals surface area contributed by atoms with Gasteiger partial charge in [-0.05, 0) is 20.3 Å². The molecular weight excluding hydrogens is 180 g/mol. The zero-order valence-electron chi connectivity index (χ0n) is 7.73. The maximum absolute atomic E-state index is 5.19. The van der Waals surface area contributed by atoms with E-state index in [-0.39, 0.29) is 0 Å². The van der Waals surface area contributed by atoms with Crippen molar-refractivity contribution >= 4 is 21.6 Å². The van der Waals surface area contributed by atoms with Crippen LogP contribution in [-0.4, -0.2) is 29.1 Å². The Balaban J connectivity index is 0. The van der Waals surface area contributed by atoms with Gasteiger partial charge in [0.15, 0.2) is 0 Å². The van der Waals surface area contributed by atoms with E-state index in [0.29, 0.717) is 0 Å². The molecule has 2 nitrogen and oxygen atoms in total. The van der Waals surface area contributed by atoms with E-state index in [1.807, 2.05) is 20.8 Å².